The number of guanidine groups is 1. The average Bonchev–Trinajstić information content (AvgIpc) is 2.91. The van der Waals surface area contributed by atoms with Crippen LogP contribution in [0.5, 0.6) is 0 Å². The first kappa shape index (κ1) is 21.9. The first-order valence-electron chi connectivity index (χ1n) is 7.98. The Labute approximate surface area is 152 Å². The molecule has 0 bridgehead atoms. The number of hydrogen-bond acceptors (Lipinski definition) is 3. The molecule has 0 aromatic heterocycles. The predicted molar refractivity (Wildman–Crippen MR) is 103 cm³/mol. The Kier molecular flexibility index (Phi) is 12.3. The van der Waals surface area contributed by atoms with Crippen molar-refractivity contribution in [2.45, 2.75) is 45.4 Å². The highest BCUT2D eigenvalue weighted by Gasteiger charge is 2.13. The quantitative estimate of drug-likeness (QED) is 0.218. The minimum absolute atomic E-state index is 0. The molecular weight excluding hydrogens is 415 g/mol. The third-order valence-corrected chi connectivity index (χ3v) is 4.37. The van der Waals surface area contributed by atoms with Gasteiger partial charge in [0.25, 0.3) is 0 Å². The summed E-state index contributed by atoms with van der Waals surface area (Å²) in [6.07, 6.45) is 9.13. The van der Waals surface area contributed by atoms with Gasteiger partial charge in [-0.3, -0.25) is 4.99 Å². The Hall–Kier alpha value is -0.0900. The molecule has 0 aromatic carbocycles. The largest absolute Gasteiger partial charge is 0.357 e. The van der Waals surface area contributed by atoms with Crippen molar-refractivity contribution in [3.05, 3.63) is 0 Å². The van der Waals surface area contributed by atoms with Gasteiger partial charge in [0.05, 0.1) is 6.26 Å². The van der Waals surface area contributed by atoms with Crippen LogP contribution in [0.1, 0.15) is 45.4 Å². The van der Waals surface area contributed by atoms with Crippen molar-refractivity contribution >= 4 is 40.0 Å². The second-order valence-corrected chi connectivity index (χ2v) is 7.48. The number of halogens is 1. The summed E-state index contributed by atoms with van der Waals surface area (Å²) in [6, 6.07) is 0. The van der Waals surface area contributed by atoms with E-state index in [1.165, 1.54) is 32.1 Å². The van der Waals surface area contributed by atoms with Gasteiger partial charge in [-0.05, 0) is 25.7 Å². The van der Waals surface area contributed by atoms with Crippen molar-refractivity contribution in [3.63, 3.8) is 0 Å². The van der Waals surface area contributed by atoms with Crippen LogP contribution in [0.15, 0.2) is 4.99 Å². The van der Waals surface area contributed by atoms with Crippen LogP contribution in [-0.2, 0) is 10.0 Å². The van der Waals surface area contributed by atoms with Crippen molar-refractivity contribution in [2.24, 2.45) is 10.9 Å². The molecule has 1 saturated carbocycles. The molecule has 0 amide bonds. The first-order valence-corrected chi connectivity index (χ1v) is 9.87. The minimum atomic E-state index is -3.12. The first-order chi connectivity index (χ1) is 10.0. The molecule has 0 unspecified atom stereocenters. The third kappa shape index (κ3) is 11.5. The average molecular weight is 446 g/mol. The molecule has 0 aliphatic heterocycles. The highest BCUT2D eigenvalue weighted by atomic mass is 127. The van der Waals surface area contributed by atoms with Crippen LogP contribution in [0.2, 0.25) is 0 Å². The molecule has 132 valence electrons. The van der Waals surface area contributed by atoms with E-state index in [4.69, 9.17) is 0 Å². The van der Waals surface area contributed by atoms with Crippen molar-refractivity contribution < 1.29 is 8.42 Å². The van der Waals surface area contributed by atoms with Crippen LogP contribution in [0.25, 0.3) is 0 Å². The van der Waals surface area contributed by atoms with Gasteiger partial charge in [-0.15, -0.1) is 24.0 Å². The summed E-state index contributed by atoms with van der Waals surface area (Å²) in [6.45, 7) is 4.54. The molecule has 8 heteroatoms. The van der Waals surface area contributed by atoms with E-state index in [0.717, 1.165) is 37.6 Å². The SMILES string of the molecule is CCNC(=NCCCC1CCCC1)NCCNS(C)(=O)=O.I. The van der Waals surface area contributed by atoms with E-state index in [1.54, 1.807) is 0 Å². The monoisotopic (exact) mass is 446 g/mol. The lowest BCUT2D eigenvalue weighted by atomic mass is 10.0. The summed E-state index contributed by atoms with van der Waals surface area (Å²) in [5.74, 6) is 1.67. The minimum Gasteiger partial charge on any atom is -0.357 e. The summed E-state index contributed by atoms with van der Waals surface area (Å²) in [4.78, 5) is 4.53. The Morgan fingerprint density at radius 1 is 1.18 bits per heavy atom. The van der Waals surface area contributed by atoms with Crippen LogP contribution in [-0.4, -0.2) is 46.8 Å². The van der Waals surface area contributed by atoms with E-state index in [2.05, 4.69) is 20.3 Å². The van der Waals surface area contributed by atoms with Gasteiger partial charge in [0.1, 0.15) is 0 Å². The van der Waals surface area contributed by atoms with E-state index in [1.807, 2.05) is 6.92 Å². The van der Waals surface area contributed by atoms with E-state index < -0.39 is 10.0 Å². The normalized spacial score (nSPS) is 16.4. The fourth-order valence-electron chi connectivity index (χ4n) is 2.63. The van der Waals surface area contributed by atoms with Gasteiger partial charge in [0, 0.05) is 26.2 Å². The highest BCUT2D eigenvalue weighted by molar-refractivity contribution is 14.0. The smallest absolute Gasteiger partial charge is 0.208 e. The molecule has 1 fully saturated rings. The molecule has 0 atom stereocenters. The summed E-state index contributed by atoms with van der Waals surface area (Å²) in [5.41, 5.74) is 0. The Balaban J connectivity index is 0.00000441. The maximum Gasteiger partial charge on any atom is 0.208 e. The molecule has 0 radical (unpaired) electrons. The van der Waals surface area contributed by atoms with Gasteiger partial charge < -0.3 is 10.6 Å². The van der Waals surface area contributed by atoms with Crippen LogP contribution in [0.4, 0.5) is 0 Å². The molecule has 22 heavy (non-hydrogen) atoms. The molecule has 1 rings (SSSR count). The number of aliphatic imine (C=N–C) groups is 1. The van der Waals surface area contributed by atoms with E-state index in [-0.39, 0.29) is 24.0 Å². The van der Waals surface area contributed by atoms with Gasteiger partial charge in [0.15, 0.2) is 5.96 Å². The van der Waals surface area contributed by atoms with Crippen LogP contribution in [0.3, 0.4) is 0 Å². The van der Waals surface area contributed by atoms with Crippen LogP contribution in [0, 0.1) is 5.92 Å². The van der Waals surface area contributed by atoms with Gasteiger partial charge in [-0.1, -0.05) is 25.7 Å². The molecule has 1 aliphatic rings. The van der Waals surface area contributed by atoms with Crippen molar-refractivity contribution in [2.75, 3.05) is 32.4 Å². The second kappa shape index (κ2) is 12.3. The van der Waals surface area contributed by atoms with Crippen LogP contribution < -0.4 is 15.4 Å². The maximum atomic E-state index is 11.0. The lowest BCUT2D eigenvalue weighted by Gasteiger charge is -2.12. The van der Waals surface area contributed by atoms with Gasteiger partial charge >= 0.3 is 0 Å². The van der Waals surface area contributed by atoms with E-state index in [9.17, 15) is 8.42 Å². The summed E-state index contributed by atoms with van der Waals surface area (Å²) in [5, 5.41) is 6.30. The predicted octanol–water partition coefficient (Wildman–Crippen LogP) is 1.68. The van der Waals surface area contributed by atoms with Gasteiger partial charge in [0.2, 0.25) is 10.0 Å². The molecule has 3 N–H and O–H groups in total. The lowest BCUT2D eigenvalue weighted by Crippen LogP contribution is -2.41. The number of rotatable bonds is 9. The zero-order chi connectivity index (χ0) is 15.6. The lowest BCUT2D eigenvalue weighted by molar-refractivity contribution is 0.487. The topological polar surface area (TPSA) is 82.6 Å². The molecule has 1 aliphatic carbocycles. The Morgan fingerprint density at radius 3 is 2.45 bits per heavy atom. The molecule has 0 heterocycles. The fourth-order valence-corrected chi connectivity index (χ4v) is 3.10. The Bertz CT molecular complexity index is 409. The third-order valence-electron chi connectivity index (χ3n) is 3.64. The van der Waals surface area contributed by atoms with Gasteiger partial charge in [-0.25, -0.2) is 13.1 Å². The molecule has 0 saturated heterocycles. The second-order valence-electron chi connectivity index (χ2n) is 5.65. The zero-order valence-corrected chi connectivity index (χ0v) is 16.9. The molecule has 0 spiro atoms. The van der Waals surface area contributed by atoms with Crippen LogP contribution >= 0.6 is 24.0 Å². The zero-order valence-electron chi connectivity index (χ0n) is 13.7. The van der Waals surface area contributed by atoms with Crippen molar-refractivity contribution in [3.8, 4) is 0 Å². The van der Waals surface area contributed by atoms with Crippen molar-refractivity contribution in [1.29, 1.82) is 0 Å². The summed E-state index contributed by atoms with van der Waals surface area (Å²) < 4.78 is 24.4. The maximum absolute atomic E-state index is 11.0. The number of nitrogens with one attached hydrogen (secondary N) is 3. The number of nitrogens with zero attached hydrogens (tertiary/aromatic N) is 1. The fraction of sp³-hybridized carbons (Fsp3) is 0.929. The molecular formula is C14H31IN4O2S. The number of hydrogen-bond donors (Lipinski definition) is 3. The summed E-state index contributed by atoms with van der Waals surface area (Å²) in [7, 11) is -3.12. The standard InChI is InChI=1S/C14H30N4O2S.HI/c1-3-15-14(17-11-12-18-21(2,19)20)16-10-6-9-13-7-4-5-8-13;/h13,18H,3-12H2,1-2H3,(H2,15,16,17);1H. The number of sulfonamides is 1. The van der Waals surface area contributed by atoms with Gasteiger partial charge in [-0.2, -0.15) is 0 Å². The van der Waals surface area contributed by atoms with E-state index >= 15 is 0 Å². The molecule has 0 aromatic rings. The highest BCUT2D eigenvalue weighted by Crippen LogP contribution is 2.28. The van der Waals surface area contributed by atoms with E-state index in [0.29, 0.717) is 13.1 Å². The van der Waals surface area contributed by atoms with Crippen molar-refractivity contribution in [1.82, 2.24) is 15.4 Å². The Morgan fingerprint density at radius 2 is 1.86 bits per heavy atom. The summed E-state index contributed by atoms with van der Waals surface area (Å²) >= 11 is 0. The molecule has 6 nitrogen and oxygen atoms in total.